The van der Waals surface area contributed by atoms with Crippen molar-refractivity contribution in [3.63, 3.8) is 0 Å². The molecule has 0 saturated heterocycles. The zero-order valence-corrected chi connectivity index (χ0v) is 17.2. The summed E-state index contributed by atoms with van der Waals surface area (Å²) in [6.07, 6.45) is 1.69. The summed E-state index contributed by atoms with van der Waals surface area (Å²) in [5, 5.41) is 9.32. The van der Waals surface area contributed by atoms with E-state index in [9.17, 15) is 13.2 Å². The second-order valence-electron chi connectivity index (χ2n) is 7.51. The molecular weight excluding hydrogens is 418 g/mol. The minimum absolute atomic E-state index is 0.00326. The van der Waals surface area contributed by atoms with Crippen molar-refractivity contribution in [2.45, 2.75) is 31.2 Å². The van der Waals surface area contributed by atoms with Gasteiger partial charge in [0.15, 0.2) is 11.5 Å². The predicted molar refractivity (Wildman–Crippen MR) is 114 cm³/mol. The maximum absolute atomic E-state index is 13.0. The van der Waals surface area contributed by atoms with E-state index in [0.717, 1.165) is 18.4 Å². The smallest absolute Gasteiger partial charge is 0.279 e. The Morgan fingerprint density at radius 3 is 2.48 bits per heavy atom. The fourth-order valence-electron chi connectivity index (χ4n) is 3.33. The molecule has 0 unspecified atom stereocenters. The van der Waals surface area contributed by atoms with Crippen molar-refractivity contribution in [3.05, 3.63) is 76.3 Å². The van der Waals surface area contributed by atoms with E-state index in [1.807, 2.05) is 30.3 Å². The third kappa shape index (κ3) is 4.25. The lowest BCUT2D eigenvalue weighted by molar-refractivity contribution is 0.422. The summed E-state index contributed by atoms with van der Waals surface area (Å²) >= 11 is 0. The first-order valence-corrected chi connectivity index (χ1v) is 11.5. The first-order chi connectivity index (χ1) is 15.0. The maximum atomic E-state index is 13.0. The second-order valence-corrected chi connectivity index (χ2v) is 9.26. The van der Waals surface area contributed by atoms with Crippen LogP contribution in [-0.2, 0) is 22.3 Å². The Balaban J connectivity index is 1.54. The van der Waals surface area contributed by atoms with Crippen LogP contribution < -0.4 is 10.3 Å². The van der Waals surface area contributed by atoms with Crippen molar-refractivity contribution in [1.82, 2.24) is 24.6 Å². The molecule has 1 saturated carbocycles. The van der Waals surface area contributed by atoms with E-state index in [2.05, 4.69) is 20.0 Å². The number of nitrogens with zero attached hydrogens (tertiary/aromatic N) is 4. The first-order valence-electron chi connectivity index (χ1n) is 9.85. The number of benzene rings is 2. The van der Waals surface area contributed by atoms with Gasteiger partial charge in [0.05, 0.1) is 11.9 Å². The molecule has 158 valence electrons. The maximum Gasteiger partial charge on any atom is 0.279 e. The average molecular weight is 437 g/mol. The van der Waals surface area contributed by atoms with Crippen molar-refractivity contribution in [1.29, 1.82) is 0 Å². The van der Waals surface area contributed by atoms with E-state index in [1.165, 1.54) is 4.68 Å². The first kappa shape index (κ1) is 19.6. The van der Waals surface area contributed by atoms with Crippen LogP contribution in [0.2, 0.25) is 0 Å². The molecule has 0 atom stereocenters. The van der Waals surface area contributed by atoms with Gasteiger partial charge in [-0.05, 0) is 24.5 Å². The van der Waals surface area contributed by atoms with Gasteiger partial charge in [0.25, 0.3) is 11.4 Å². The van der Waals surface area contributed by atoms with Gasteiger partial charge in [-0.15, -0.1) is 0 Å². The predicted octanol–water partition coefficient (Wildman–Crippen LogP) is 2.08. The van der Waals surface area contributed by atoms with Crippen LogP contribution in [0.5, 0.6) is 0 Å². The van der Waals surface area contributed by atoms with Crippen LogP contribution in [0.15, 0.2) is 63.9 Å². The van der Waals surface area contributed by atoms with Crippen molar-refractivity contribution < 1.29 is 12.9 Å². The molecule has 0 amide bonds. The number of rotatable bonds is 7. The van der Waals surface area contributed by atoms with Gasteiger partial charge in [0.1, 0.15) is 5.75 Å². The molecule has 2 heterocycles. The SMILES string of the molecule is O=c1c2ccccc2c(-c2nc(CS(=O)(=O)NC3CC3)no2)nn1Cc1ccccc1. The van der Waals surface area contributed by atoms with Crippen LogP contribution >= 0.6 is 0 Å². The average Bonchev–Trinajstić information content (AvgIpc) is 3.45. The molecule has 5 rings (SSSR count). The van der Waals surface area contributed by atoms with Gasteiger partial charge in [0, 0.05) is 11.4 Å². The Hall–Kier alpha value is -3.37. The normalized spacial score (nSPS) is 14.2. The Morgan fingerprint density at radius 1 is 1.03 bits per heavy atom. The molecule has 2 aromatic carbocycles. The van der Waals surface area contributed by atoms with E-state index in [1.54, 1.807) is 24.3 Å². The molecule has 9 nitrogen and oxygen atoms in total. The quantitative estimate of drug-likeness (QED) is 0.470. The van der Waals surface area contributed by atoms with Crippen LogP contribution in [0.3, 0.4) is 0 Å². The molecule has 31 heavy (non-hydrogen) atoms. The number of sulfonamides is 1. The van der Waals surface area contributed by atoms with E-state index >= 15 is 0 Å². The Morgan fingerprint density at radius 2 is 1.74 bits per heavy atom. The molecule has 1 aliphatic rings. The van der Waals surface area contributed by atoms with E-state index in [4.69, 9.17) is 4.52 Å². The van der Waals surface area contributed by atoms with Crippen molar-refractivity contribution in [2.24, 2.45) is 0 Å². The summed E-state index contributed by atoms with van der Waals surface area (Å²) < 4.78 is 33.7. The van der Waals surface area contributed by atoms with Crippen LogP contribution in [0, 0.1) is 0 Å². The highest BCUT2D eigenvalue weighted by atomic mass is 32.2. The van der Waals surface area contributed by atoms with Crippen LogP contribution in [0.4, 0.5) is 0 Å². The van der Waals surface area contributed by atoms with Crippen molar-refractivity contribution in [2.75, 3.05) is 0 Å². The van der Waals surface area contributed by atoms with Gasteiger partial charge in [-0.1, -0.05) is 53.7 Å². The van der Waals surface area contributed by atoms with Gasteiger partial charge < -0.3 is 4.52 Å². The molecule has 1 N–H and O–H groups in total. The highest BCUT2D eigenvalue weighted by Crippen LogP contribution is 2.24. The molecule has 0 bridgehead atoms. The lowest BCUT2D eigenvalue weighted by Gasteiger charge is -2.09. The van der Waals surface area contributed by atoms with E-state index < -0.39 is 10.0 Å². The zero-order chi connectivity index (χ0) is 21.4. The summed E-state index contributed by atoms with van der Waals surface area (Å²) in [6.45, 7) is 0.276. The number of fused-ring (bicyclic) bond motifs is 1. The van der Waals surface area contributed by atoms with Gasteiger partial charge in [-0.3, -0.25) is 4.79 Å². The Labute approximate surface area is 177 Å². The molecule has 10 heteroatoms. The zero-order valence-electron chi connectivity index (χ0n) is 16.4. The third-order valence-electron chi connectivity index (χ3n) is 4.96. The topological polar surface area (TPSA) is 120 Å². The van der Waals surface area contributed by atoms with Crippen molar-refractivity contribution >= 4 is 20.8 Å². The summed E-state index contributed by atoms with van der Waals surface area (Å²) in [6, 6.07) is 16.5. The van der Waals surface area contributed by atoms with Gasteiger partial charge in [0.2, 0.25) is 10.0 Å². The number of hydrogen-bond acceptors (Lipinski definition) is 7. The van der Waals surface area contributed by atoms with E-state index in [0.29, 0.717) is 16.5 Å². The molecular formula is C21H19N5O4S. The second kappa shape index (κ2) is 7.71. The van der Waals surface area contributed by atoms with E-state index in [-0.39, 0.29) is 35.6 Å². The van der Waals surface area contributed by atoms with Crippen LogP contribution in [0.25, 0.3) is 22.4 Å². The highest BCUT2D eigenvalue weighted by molar-refractivity contribution is 7.88. The lowest BCUT2D eigenvalue weighted by atomic mass is 10.1. The molecule has 1 fully saturated rings. The summed E-state index contributed by atoms with van der Waals surface area (Å²) in [7, 11) is -3.55. The Kier molecular flexibility index (Phi) is 4.87. The number of nitrogens with one attached hydrogen (secondary N) is 1. The molecule has 4 aromatic rings. The molecule has 0 aliphatic heterocycles. The van der Waals surface area contributed by atoms with Crippen molar-refractivity contribution in [3.8, 4) is 11.6 Å². The standard InChI is InChI=1S/C21H19N5O4S/c27-21-17-9-5-4-8-16(17)19(23-26(21)12-14-6-2-1-3-7-14)20-22-18(24-30-20)13-31(28,29)25-15-10-11-15/h1-9,15,25H,10-13H2. The number of hydrogen-bond donors (Lipinski definition) is 1. The summed E-state index contributed by atoms with van der Waals surface area (Å²) in [4.78, 5) is 17.2. The van der Waals surface area contributed by atoms with Crippen LogP contribution in [-0.4, -0.2) is 34.4 Å². The minimum atomic E-state index is -3.55. The monoisotopic (exact) mass is 437 g/mol. The molecule has 0 spiro atoms. The number of aromatic nitrogens is 4. The lowest BCUT2D eigenvalue weighted by Crippen LogP contribution is -2.27. The van der Waals surface area contributed by atoms with Gasteiger partial charge >= 0.3 is 0 Å². The third-order valence-corrected chi connectivity index (χ3v) is 6.29. The summed E-state index contributed by atoms with van der Waals surface area (Å²) in [5.74, 6) is -0.279. The minimum Gasteiger partial charge on any atom is -0.332 e. The molecule has 0 radical (unpaired) electrons. The highest BCUT2D eigenvalue weighted by Gasteiger charge is 2.28. The van der Waals surface area contributed by atoms with Crippen LogP contribution in [0.1, 0.15) is 24.2 Å². The van der Waals surface area contributed by atoms with Gasteiger partial charge in [-0.25, -0.2) is 17.8 Å². The fourth-order valence-corrected chi connectivity index (χ4v) is 4.62. The molecule has 1 aliphatic carbocycles. The molecule has 2 aromatic heterocycles. The van der Waals surface area contributed by atoms with Gasteiger partial charge in [-0.2, -0.15) is 10.1 Å². The fraction of sp³-hybridized carbons (Fsp3) is 0.238. The summed E-state index contributed by atoms with van der Waals surface area (Å²) in [5.41, 5.74) is 1.01. The Bertz CT molecular complexity index is 1410. The largest absolute Gasteiger partial charge is 0.332 e.